The van der Waals surface area contributed by atoms with Gasteiger partial charge in [-0.3, -0.25) is 0 Å². The van der Waals surface area contributed by atoms with Crippen LogP contribution < -0.4 is 9.64 Å². The summed E-state index contributed by atoms with van der Waals surface area (Å²) in [5, 5.41) is 31.1. The van der Waals surface area contributed by atoms with Crippen LogP contribution >= 0.6 is 0 Å². The molecule has 0 aliphatic rings. The predicted octanol–water partition coefficient (Wildman–Crippen LogP) is 7.92. The molecule has 0 aliphatic carbocycles. The second-order valence-electron chi connectivity index (χ2n) is 9.09. The molecular formula is C30H31NO4. The fraction of sp³-hybridized carbons (Fsp3) is 0.200. The molecule has 0 aromatic heterocycles. The minimum atomic E-state index is 0.193. The number of anilines is 3. The van der Waals surface area contributed by atoms with Gasteiger partial charge in [-0.05, 0) is 106 Å². The molecule has 0 saturated heterocycles. The highest BCUT2D eigenvalue weighted by atomic mass is 16.5. The van der Waals surface area contributed by atoms with Crippen LogP contribution in [0.4, 0.5) is 17.1 Å². The van der Waals surface area contributed by atoms with Gasteiger partial charge in [0.05, 0.1) is 11.4 Å². The van der Waals surface area contributed by atoms with Crippen molar-refractivity contribution in [3.05, 3.63) is 94.0 Å². The van der Waals surface area contributed by atoms with Crippen molar-refractivity contribution in [2.75, 3.05) is 4.90 Å². The van der Waals surface area contributed by atoms with E-state index in [-0.39, 0.29) is 17.2 Å². The van der Waals surface area contributed by atoms with Crippen molar-refractivity contribution >= 4 is 17.1 Å². The second-order valence-corrected chi connectivity index (χ2v) is 9.09. The predicted molar refractivity (Wildman–Crippen MR) is 141 cm³/mol. The van der Waals surface area contributed by atoms with Gasteiger partial charge >= 0.3 is 0 Å². The molecule has 0 radical (unpaired) electrons. The molecule has 180 valence electrons. The topological polar surface area (TPSA) is 73.2 Å². The van der Waals surface area contributed by atoms with Gasteiger partial charge in [0, 0.05) is 22.9 Å². The molecule has 4 aromatic rings. The number of rotatable bonds is 5. The minimum Gasteiger partial charge on any atom is -0.508 e. The summed E-state index contributed by atoms with van der Waals surface area (Å²) in [6.45, 7) is 11.6. The van der Waals surface area contributed by atoms with Crippen molar-refractivity contribution in [1.29, 1.82) is 0 Å². The quantitative estimate of drug-likeness (QED) is 0.277. The van der Waals surface area contributed by atoms with E-state index in [0.717, 1.165) is 50.4 Å². The number of ether oxygens (including phenoxy) is 1. The molecule has 0 heterocycles. The highest BCUT2D eigenvalue weighted by molar-refractivity contribution is 5.85. The number of nitrogens with zero attached hydrogens (tertiary/aromatic N) is 1. The van der Waals surface area contributed by atoms with Gasteiger partial charge in [0.25, 0.3) is 0 Å². The second kappa shape index (κ2) is 9.26. The molecule has 0 fully saturated rings. The Bertz CT molecular complexity index is 1350. The number of aryl methyl sites for hydroxylation is 4. The lowest BCUT2D eigenvalue weighted by Gasteiger charge is -2.31. The van der Waals surface area contributed by atoms with Crippen LogP contribution in [-0.2, 0) is 0 Å². The van der Waals surface area contributed by atoms with Gasteiger partial charge in [-0.15, -0.1) is 0 Å². The van der Waals surface area contributed by atoms with Crippen molar-refractivity contribution in [1.82, 2.24) is 0 Å². The third-order valence-electron chi connectivity index (χ3n) is 6.47. The maximum atomic E-state index is 10.5. The summed E-state index contributed by atoms with van der Waals surface area (Å²) in [4.78, 5) is 2.07. The molecule has 4 aromatic carbocycles. The van der Waals surface area contributed by atoms with E-state index >= 15 is 0 Å². The van der Waals surface area contributed by atoms with E-state index in [1.165, 1.54) is 0 Å². The number of hydrogen-bond donors (Lipinski definition) is 3. The Morgan fingerprint density at radius 2 is 1.06 bits per heavy atom. The number of phenolic OH excluding ortho intramolecular Hbond substituents is 3. The van der Waals surface area contributed by atoms with E-state index in [4.69, 9.17) is 4.74 Å². The number of hydrogen-bond acceptors (Lipinski definition) is 5. The SMILES string of the molecule is Cc1cc(C)c(Oc2ccc(N(c3c(C)ccc(O)c3C)c3c(C)ccc(O)c3C)cc2)cc1O. The van der Waals surface area contributed by atoms with E-state index in [1.807, 2.05) is 84.0 Å². The zero-order chi connectivity index (χ0) is 25.4. The third kappa shape index (κ3) is 4.50. The summed E-state index contributed by atoms with van der Waals surface area (Å²) < 4.78 is 6.07. The molecule has 5 nitrogen and oxygen atoms in total. The van der Waals surface area contributed by atoms with Crippen LogP contribution in [0.3, 0.4) is 0 Å². The van der Waals surface area contributed by atoms with Crippen LogP contribution in [0.15, 0.2) is 60.7 Å². The van der Waals surface area contributed by atoms with Crippen molar-refractivity contribution in [3.63, 3.8) is 0 Å². The van der Waals surface area contributed by atoms with E-state index in [2.05, 4.69) is 4.90 Å². The molecule has 0 unspecified atom stereocenters. The first-order chi connectivity index (χ1) is 16.6. The Morgan fingerprint density at radius 3 is 1.57 bits per heavy atom. The highest BCUT2D eigenvalue weighted by Gasteiger charge is 2.23. The molecule has 0 bridgehead atoms. The molecule has 5 heteroatoms. The highest BCUT2D eigenvalue weighted by Crippen LogP contribution is 2.45. The lowest BCUT2D eigenvalue weighted by Crippen LogP contribution is -2.15. The molecule has 0 saturated carbocycles. The Morgan fingerprint density at radius 1 is 0.543 bits per heavy atom. The van der Waals surface area contributed by atoms with Crippen LogP contribution in [0.1, 0.15) is 33.4 Å². The first-order valence-corrected chi connectivity index (χ1v) is 11.5. The van der Waals surface area contributed by atoms with Crippen LogP contribution in [0, 0.1) is 41.5 Å². The summed E-state index contributed by atoms with van der Waals surface area (Å²) in [7, 11) is 0. The first-order valence-electron chi connectivity index (χ1n) is 11.5. The van der Waals surface area contributed by atoms with Gasteiger partial charge in [-0.1, -0.05) is 12.1 Å². The zero-order valence-corrected chi connectivity index (χ0v) is 21.0. The fourth-order valence-electron chi connectivity index (χ4n) is 4.43. The van der Waals surface area contributed by atoms with E-state index < -0.39 is 0 Å². The number of phenols is 3. The Balaban J connectivity index is 1.84. The monoisotopic (exact) mass is 469 g/mol. The van der Waals surface area contributed by atoms with Crippen molar-refractivity contribution < 1.29 is 20.1 Å². The number of aromatic hydroxyl groups is 3. The fourth-order valence-corrected chi connectivity index (χ4v) is 4.43. The van der Waals surface area contributed by atoms with Crippen molar-refractivity contribution in [3.8, 4) is 28.7 Å². The van der Waals surface area contributed by atoms with Crippen LogP contribution in [-0.4, -0.2) is 15.3 Å². The Labute approximate surface area is 206 Å². The number of benzene rings is 4. The van der Waals surface area contributed by atoms with Crippen LogP contribution in [0.25, 0.3) is 0 Å². The van der Waals surface area contributed by atoms with Gasteiger partial charge in [0.1, 0.15) is 28.7 Å². The summed E-state index contributed by atoms with van der Waals surface area (Å²) >= 11 is 0. The average Bonchev–Trinajstić information content (AvgIpc) is 2.82. The summed E-state index contributed by atoms with van der Waals surface area (Å²) in [6.07, 6.45) is 0. The summed E-state index contributed by atoms with van der Waals surface area (Å²) in [5.41, 5.74) is 7.79. The van der Waals surface area contributed by atoms with Gasteiger partial charge in [-0.2, -0.15) is 0 Å². The third-order valence-corrected chi connectivity index (χ3v) is 6.47. The molecule has 0 spiro atoms. The van der Waals surface area contributed by atoms with Gasteiger partial charge in [0.2, 0.25) is 0 Å². The van der Waals surface area contributed by atoms with Crippen molar-refractivity contribution in [2.45, 2.75) is 41.5 Å². The summed E-state index contributed by atoms with van der Waals surface area (Å²) in [5.74, 6) is 1.84. The normalized spacial score (nSPS) is 10.9. The van der Waals surface area contributed by atoms with Crippen LogP contribution in [0.5, 0.6) is 28.7 Å². The van der Waals surface area contributed by atoms with E-state index in [1.54, 1.807) is 18.2 Å². The first kappa shape index (κ1) is 24.0. The van der Waals surface area contributed by atoms with E-state index in [0.29, 0.717) is 11.5 Å². The van der Waals surface area contributed by atoms with Gasteiger partial charge < -0.3 is 25.0 Å². The maximum absolute atomic E-state index is 10.5. The van der Waals surface area contributed by atoms with Gasteiger partial charge in [0.15, 0.2) is 0 Å². The lowest BCUT2D eigenvalue weighted by atomic mass is 10.0. The maximum Gasteiger partial charge on any atom is 0.134 e. The largest absolute Gasteiger partial charge is 0.508 e. The average molecular weight is 470 g/mol. The molecule has 3 N–H and O–H groups in total. The Hall–Kier alpha value is -4.12. The molecule has 35 heavy (non-hydrogen) atoms. The van der Waals surface area contributed by atoms with Crippen LogP contribution in [0.2, 0.25) is 0 Å². The lowest BCUT2D eigenvalue weighted by molar-refractivity contribution is 0.450. The molecule has 0 aliphatic heterocycles. The minimum absolute atomic E-state index is 0.193. The zero-order valence-electron chi connectivity index (χ0n) is 21.0. The smallest absolute Gasteiger partial charge is 0.134 e. The van der Waals surface area contributed by atoms with Gasteiger partial charge in [-0.25, -0.2) is 0 Å². The molecule has 0 amide bonds. The summed E-state index contributed by atoms with van der Waals surface area (Å²) in [6, 6.07) is 18.3. The molecule has 4 rings (SSSR count). The standard InChI is InChI=1S/C30H31NO4/c1-17-7-13-25(32)21(5)29(17)31(30-18(2)8-14-26(33)22(30)6)23-9-11-24(12-10-23)35-28-16-27(34)19(3)15-20(28)4/h7-16,32-34H,1-6H3. The van der Waals surface area contributed by atoms with E-state index in [9.17, 15) is 15.3 Å². The van der Waals surface area contributed by atoms with Crippen molar-refractivity contribution in [2.24, 2.45) is 0 Å². The Kier molecular flexibility index (Phi) is 6.35. The molecule has 0 atom stereocenters. The molecular weight excluding hydrogens is 438 g/mol.